The molecule has 0 spiro atoms. The van der Waals surface area contributed by atoms with Crippen LogP contribution in [0.25, 0.3) is 0 Å². The van der Waals surface area contributed by atoms with E-state index in [-0.39, 0.29) is 27.7 Å². The number of alkyl halides is 3. The molecule has 1 amide bonds. The number of hydrogen-bond donors (Lipinski definition) is 1. The number of halogens is 3. The quantitative estimate of drug-likeness (QED) is 0.722. The number of carbonyl (C=O) groups is 1. The van der Waals surface area contributed by atoms with Crippen molar-refractivity contribution in [1.29, 1.82) is 0 Å². The zero-order valence-electron chi connectivity index (χ0n) is 15.9. The number of rotatable bonds is 4. The minimum atomic E-state index is -4.58. The molecule has 0 radical (unpaired) electrons. The molecule has 1 atom stereocenters. The van der Waals surface area contributed by atoms with E-state index in [9.17, 15) is 26.4 Å². The number of thioether (sulfide) groups is 1. The van der Waals surface area contributed by atoms with Gasteiger partial charge < -0.3 is 4.90 Å². The topological polar surface area (TPSA) is 66.5 Å². The third-order valence-electron chi connectivity index (χ3n) is 4.93. The summed E-state index contributed by atoms with van der Waals surface area (Å²) in [5.74, 6) is -0.0274. The van der Waals surface area contributed by atoms with Crippen LogP contribution in [-0.2, 0) is 21.0 Å². The molecular weight excluding hydrogens is 437 g/mol. The molecule has 1 N–H and O–H groups in total. The highest BCUT2D eigenvalue weighted by Crippen LogP contribution is 2.42. The first-order chi connectivity index (χ1) is 14.0. The SMILES string of the molecule is CC1CN(C(=O)C2CC2)c2cc(S(=O)(=O)Nc3cccc(C(F)(F)F)c3)ccc2S1. The van der Waals surface area contributed by atoms with E-state index in [1.54, 1.807) is 22.7 Å². The van der Waals surface area contributed by atoms with Crippen molar-refractivity contribution in [3.8, 4) is 0 Å². The summed E-state index contributed by atoms with van der Waals surface area (Å²) < 4.78 is 66.6. The van der Waals surface area contributed by atoms with Crippen molar-refractivity contribution >= 4 is 39.1 Å². The Morgan fingerprint density at radius 2 is 1.90 bits per heavy atom. The van der Waals surface area contributed by atoms with Crippen LogP contribution in [0.15, 0.2) is 52.3 Å². The molecule has 1 aliphatic carbocycles. The van der Waals surface area contributed by atoms with E-state index < -0.39 is 21.8 Å². The first-order valence-electron chi connectivity index (χ1n) is 9.37. The van der Waals surface area contributed by atoms with Gasteiger partial charge in [0.05, 0.1) is 16.1 Å². The predicted molar refractivity (Wildman–Crippen MR) is 109 cm³/mol. The number of carbonyl (C=O) groups excluding carboxylic acids is 1. The minimum absolute atomic E-state index is 0.0104. The fourth-order valence-corrected chi connectivity index (χ4v) is 5.48. The van der Waals surface area contributed by atoms with E-state index in [4.69, 9.17) is 0 Å². The normalized spacial score (nSPS) is 19.3. The highest BCUT2D eigenvalue weighted by atomic mass is 32.2. The van der Waals surface area contributed by atoms with E-state index in [0.29, 0.717) is 12.2 Å². The van der Waals surface area contributed by atoms with E-state index in [1.165, 1.54) is 18.2 Å². The number of fused-ring (bicyclic) bond motifs is 1. The molecule has 0 bridgehead atoms. The molecule has 1 aliphatic heterocycles. The maximum absolute atomic E-state index is 12.9. The van der Waals surface area contributed by atoms with Gasteiger partial charge in [0, 0.05) is 28.3 Å². The molecule has 1 fully saturated rings. The van der Waals surface area contributed by atoms with Crippen LogP contribution in [0.5, 0.6) is 0 Å². The Kier molecular flexibility index (Phi) is 5.26. The second kappa shape index (κ2) is 7.49. The second-order valence-electron chi connectivity index (χ2n) is 7.47. The van der Waals surface area contributed by atoms with Gasteiger partial charge in [-0.05, 0) is 49.2 Å². The molecule has 30 heavy (non-hydrogen) atoms. The first kappa shape index (κ1) is 21.0. The van der Waals surface area contributed by atoms with E-state index in [2.05, 4.69) is 4.72 Å². The van der Waals surface area contributed by atoms with Crippen LogP contribution in [0.4, 0.5) is 24.5 Å². The van der Waals surface area contributed by atoms with Crippen molar-refractivity contribution in [1.82, 2.24) is 0 Å². The zero-order chi connectivity index (χ0) is 21.7. The van der Waals surface area contributed by atoms with Crippen molar-refractivity contribution in [2.24, 2.45) is 5.92 Å². The molecule has 5 nitrogen and oxygen atoms in total. The Morgan fingerprint density at radius 1 is 1.17 bits per heavy atom. The maximum atomic E-state index is 12.9. The molecule has 1 saturated carbocycles. The monoisotopic (exact) mass is 456 g/mol. The van der Waals surface area contributed by atoms with Crippen LogP contribution in [0.3, 0.4) is 0 Å². The lowest BCUT2D eigenvalue weighted by molar-refractivity contribution is -0.137. The lowest BCUT2D eigenvalue weighted by atomic mass is 10.2. The van der Waals surface area contributed by atoms with Gasteiger partial charge in [-0.1, -0.05) is 13.0 Å². The molecule has 10 heteroatoms. The van der Waals surface area contributed by atoms with Crippen LogP contribution >= 0.6 is 11.8 Å². The van der Waals surface area contributed by atoms with Crippen LogP contribution in [-0.4, -0.2) is 26.1 Å². The van der Waals surface area contributed by atoms with Gasteiger partial charge >= 0.3 is 6.18 Å². The molecule has 160 valence electrons. The highest BCUT2D eigenvalue weighted by molar-refractivity contribution is 8.00. The molecule has 0 saturated heterocycles. The fraction of sp³-hybridized carbons (Fsp3) is 0.350. The number of sulfonamides is 1. The van der Waals surface area contributed by atoms with Crippen molar-refractivity contribution in [2.75, 3.05) is 16.2 Å². The van der Waals surface area contributed by atoms with Crippen molar-refractivity contribution in [3.05, 3.63) is 48.0 Å². The fourth-order valence-electron chi connectivity index (χ4n) is 3.32. The summed E-state index contributed by atoms with van der Waals surface area (Å²) in [4.78, 5) is 15.0. The van der Waals surface area contributed by atoms with E-state index >= 15 is 0 Å². The van der Waals surface area contributed by atoms with Crippen LogP contribution < -0.4 is 9.62 Å². The van der Waals surface area contributed by atoms with Gasteiger partial charge in [-0.15, -0.1) is 11.8 Å². The standard InChI is InChI=1S/C20H19F3N2O3S2/c1-12-11-25(19(26)13-5-6-13)17-10-16(7-8-18(17)29-12)30(27,28)24-15-4-2-3-14(9-15)20(21,22)23/h2-4,7-10,12-13,24H,5-6,11H2,1H3. The Bertz CT molecular complexity index is 1100. The molecule has 1 unspecified atom stereocenters. The second-order valence-corrected chi connectivity index (χ2v) is 10.6. The van der Waals surface area contributed by atoms with Gasteiger partial charge in [-0.3, -0.25) is 9.52 Å². The lowest BCUT2D eigenvalue weighted by Crippen LogP contribution is -2.39. The van der Waals surface area contributed by atoms with E-state index in [0.717, 1.165) is 35.9 Å². The number of hydrogen-bond acceptors (Lipinski definition) is 4. The predicted octanol–water partition coefficient (Wildman–Crippen LogP) is 4.74. The summed E-state index contributed by atoms with van der Waals surface area (Å²) in [6.45, 7) is 2.48. The number of nitrogens with one attached hydrogen (secondary N) is 1. The molecular formula is C20H19F3N2O3S2. The summed E-state index contributed by atoms with van der Waals surface area (Å²) in [5, 5.41) is 0.172. The average Bonchev–Trinajstić information content (AvgIpc) is 3.51. The zero-order valence-corrected chi connectivity index (χ0v) is 17.6. The molecule has 0 aromatic heterocycles. The van der Waals surface area contributed by atoms with Gasteiger partial charge in [0.2, 0.25) is 5.91 Å². The van der Waals surface area contributed by atoms with Crippen molar-refractivity contribution in [3.63, 3.8) is 0 Å². The third kappa shape index (κ3) is 4.29. The lowest BCUT2D eigenvalue weighted by Gasteiger charge is -2.33. The minimum Gasteiger partial charge on any atom is -0.310 e. The summed E-state index contributed by atoms with van der Waals surface area (Å²) in [6, 6.07) is 8.48. The van der Waals surface area contributed by atoms with Crippen LogP contribution in [0, 0.1) is 5.92 Å². The number of anilines is 2. The molecule has 2 aliphatic rings. The average molecular weight is 457 g/mol. The van der Waals surface area contributed by atoms with Gasteiger partial charge in [-0.2, -0.15) is 13.2 Å². The third-order valence-corrected chi connectivity index (χ3v) is 7.46. The summed E-state index contributed by atoms with van der Waals surface area (Å²) in [7, 11) is -4.14. The Balaban J connectivity index is 1.66. The van der Waals surface area contributed by atoms with Crippen LogP contribution in [0.2, 0.25) is 0 Å². The van der Waals surface area contributed by atoms with E-state index in [1.807, 2.05) is 6.92 Å². The van der Waals surface area contributed by atoms with Gasteiger partial charge in [-0.25, -0.2) is 8.42 Å². The summed E-state index contributed by atoms with van der Waals surface area (Å²) >= 11 is 1.56. The van der Waals surface area contributed by atoms with Crippen LogP contribution in [0.1, 0.15) is 25.3 Å². The number of amides is 1. The molecule has 2 aromatic rings. The Morgan fingerprint density at radius 3 is 2.57 bits per heavy atom. The molecule has 4 rings (SSSR count). The maximum Gasteiger partial charge on any atom is 0.416 e. The number of benzene rings is 2. The number of nitrogens with zero attached hydrogens (tertiary/aromatic N) is 1. The largest absolute Gasteiger partial charge is 0.416 e. The molecule has 2 aromatic carbocycles. The molecule has 1 heterocycles. The summed E-state index contributed by atoms with van der Waals surface area (Å²) in [5.41, 5.74) is -0.599. The Hall–Kier alpha value is -2.20. The summed E-state index contributed by atoms with van der Waals surface area (Å²) in [6.07, 6.45) is -2.91. The van der Waals surface area contributed by atoms with Gasteiger partial charge in [0.15, 0.2) is 0 Å². The van der Waals surface area contributed by atoms with Gasteiger partial charge in [0.1, 0.15) is 0 Å². The van der Waals surface area contributed by atoms with Crippen molar-refractivity contribution < 1.29 is 26.4 Å². The first-order valence-corrected chi connectivity index (χ1v) is 11.7. The van der Waals surface area contributed by atoms with Gasteiger partial charge in [0.25, 0.3) is 10.0 Å². The van der Waals surface area contributed by atoms with Crippen molar-refractivity contribution in [2.45, 2.75) is 41.0 Å². The Labute approximate surface area is 176 Å². The highest BCUT2D eigenvalue weighted by Gasteiger charge is 2.37. The smallest absolute Gasteiger partial charge is 0.310 e.